The van der Waals surface area contributed by atoms with Gasteiger partial charge in [0.25, 0.3) is 0 Å². The molecule has 0 amide bonds. The lowest BCUT2D eigenvalue weighted by Crippen LogP contribution is -2.64. The molecular weight excluding hydrogens is 308 g/mol. The monoisotopic (exact) mass is 350 g/mol. The van der Waals surface area contributed by atoms with Crippen molar-refractivity contribution in [2.75, 3.05) is 39.3 Å². The zero-order valence-electron chi connectivity index (χ0n) is 17.2. The molecule has 2 heterocycles. The van der Waals surface area contributed by atoms with Gasteiger partial charge in [0.2, 0.25) is 0 Å². The summed E-state index contributed by atoms with van der Waals surface area (Å²) in [7, 11) is 0. The quantitative estimate of drug-likeness (QED) is 0.802. The van der Waals surface area contributed by atoms with Gasteiger partial charge in [-0.2, -0.15) is 0 Å². The molecule has 4 rings (SSSR count). The summed E-state index contributed by atoms with van der Waals surface area (Å²) in [5, 5.41) is 7.41. The second-order valence-electron chi connectivity index (χ2n) is 9.60. The maximum Gasteiger partial charge on any atom is 0.0309 e. The van der Waals surface area contributed by atoms with E-state index in [1.165, 1.54) is 84.2 Å². The molecule has 4 fully saturated rings. The van der Waals surface area contributed by atoms with E-state index >= 15 is 0 Å². The molecule has 0 aromatic rings. The van der Waals surface area contributed by atoms with Gasteiger partial charge >= 0.3 is 0 Å². The number of nitrogens with zero attached hydrogens (tertiary/aromatic N) is 2. The molecule has 2 aliphatic heterocycles. The summed E-state index contributed by atoms with van der Waals surface area (Å²) in [6.07, 6.45) is 9.88. The lowest BCUT2D eigenvalue weighted by molar-refractivity contribution is 0.0535. The molecule has 146 valence electrons. The highest BCUT2D eigenvalue weighted by molar-refractivity contribution is 5.01. The molecule has 25 heavy (non-hydrogen) atoms. The fourth-order valence-electron chi connectivity index (χ4n) is 5.18. The molecule has 2 spiro atoms. The first-order valence-corrected chi connectivity index (χ1v) is 10.9. The summed E-state index contributed by atoms with van der Waals surface area (Å²) in [4.78, 5) is 5.23. The van der Waals surface area contributed by atoms with Crippen LogP contribution < -0.4 is 10.6 Å². The standard InChI is InChI=1S/C11H22N2.C10H20N2/c1-10(2)13-8-7-12-11(9-13)5-3-4-6-11;1-9(2)12-7-6-11-10(8-12)4-3-5-10/h10,12H,3-9H2,1-2H3;9,11H,3-8H2,1-2H3. The van der Waals surface area contributed by atoms with Crippen molar-refractivity contribution in [1.29, 1.82) is 0 Å². The number of rotatable bonds is 2. The van der Waals surface area contributed by atoms with Crippen LogP contribution in [0.15, 0.2) is 0 Å². The van der Waals surface area contributed by atoms with Gasteiger partial charge in [-0.05, 0) is 59.8 Å². The van der Waals surface area contributed by atoms with Gasteiger partial charge in [-0.25, -0.2) is 0 Å². The van der Waals surface area contributed by atoms with Crippen LogP contribution in [0.2, 0.25) is 0 Å². The van der Waals surface area contributed by atoms with Gasteiger partial charge in [0.15, 0.2) is 0 Å². The number of nitrogens with one attached hydrogen (secondary N) is 2. The zero-order chi connectivity index (χ0) is 17.9. The van der Waals surface area contributed by atoms with Gasteiger partial charge in [-0.1, -0.05) is 12.8 Å². The van der Waals surface area contributed by atoms with E-state index in [1.54, 1.807) is 0 Å². The SMILES string of the molecule is CC(C)N1CCNC2(CCC2)C1.CC(C)N1CCNC2(CCCC2)C1. The summed E-state index contributed by atoms with van der Waals surface area (Å²) in [6, 6.07) is 1.45. The molecule has 2 saturated heterocycles. The third-order valence-corrected chi connectivity index (χ3v) is 7.14. The van der Waals surface area contributed by atoms with Gasteiger partial charge in [0, 0.05) is 62.4 Å². The van der Waals surface area contributed by atoms with Crippen LogP contribution in [0.4, 0.5) is 0 Å². The van der Waals surface area contributed by atoms with Crippen LogP contribution in [-0.2, 0) is 0 Å². The first kappa shape index (κ1) is 19.6. The minimum atomic E-state index is 0.502. The Balaban J connectivity index is 0.000000146. The highest BCUT2D eigenvalue weighted by Crippen LogP contribution is 2.34. The Morgan fingerprint density at radius 1 is 0.640 bits per heavy atom. The number of hydrogen-bond donors (Lipinski definition) is 2. The average molecular weight is 351 g/mol. The predicted molar refractivity (Wildman–Crippen MR) is 107 cm³/mol. The Bertz CT molecular complexity index is 410. The number of piperazine rings is 2. The second kappa shape index (κ2) is 8.24. The summed E-state index contributed by atoms with van der Waals surface area (Å²) < 4.78 is 0. The first-order valence-electron chi connectivity index (χ1n) is 10.9. The lowest BCUT2D eigenvalue weighted by Gasteiger charge is -2.50. The molecule has 0 radical (unpaired) electrons. The second-order valence-corrected chi connectivity index (χ2v) is 9.60. The molecule has 2 saturated carbocycles. The molecule has 0 unspecified atom stereocenters. The third kappa shape index (κ3) is 4.77. The molecule has 0 aromatic heterocycles. The van der Waals surface area contributed by atoms with Crippen LogP contribution in [0.5, 0.6) is 0 Å². The van der Waals surface area contributed by atoms with Crippen LogP contribution >= 0.6 is 0 Å². The topological polar surface area (TPSA) is 30.5 Å². The number of hydrogen-bond acceptors (Lipinski definition) is 4. The lowest BCUT2D eigenvalue weighted by atomic mass is 9.75. The van der Waals surface area contributed by atoms with Crippen molar-refractivity contribution >= 4 is 0 Å². The molecule has 0 atom stereocenters. The first-order chi connectivity index (χ1) is 11.9. The minimum absolute atomic E-state index is 0.502. The van der Waals surface area contributed by atoms with E-state index in [2.05, 4.69) is 48.1 Å². The van der Waals surface area contributed by atoms with Crippen molar-refractivity contribution in [2.24, 2.45) is 0 Å². The van der Waals surface area contributed by atoms with Crippen LogP contribution in [0, 0.1) is 0 Å². The molecule has 2 N–H and O–H groups in total. The minimum Gasteiger partial charge on any atom is -0.309 e. The van der Waals surface area contributed by atoms with Crippen molar-refractivity contribution in [3.05, 3.63) is 0 Å². The maximum atomic E-state index is 3.74. The molecule has 2 aliphatic carbocycles. The van der Waals surface area contributed by atoms with E-state index in [9.17, 15) is 0 Å². The van der Waals surface area contributed by atoms with E-state index in [1.807, 2.05) is 0 Å². The Labute approximate surface area is 156 Å². The maximum absolute atomic E-state index is 3.74. The molecule has 4 heteroatoms. The Hall–Kier alpha value is -0.160. The van der Waals surface area contributed by atoms with Gasteiger partial charge < -0.3 is 10.6 Å². The van der Waals surface area contributed by atoms with Crippen LogP contribution in [0.1, 0.15) is 72.6 Å². The highest BCUT2D eigenvalue weighted by atomic mass is 15.2. The fraction of sp³-hybridized carbons (Fsp3) is 1.00. The van der Waals surface area contributed by atoms with Gasteiger partial charge in [-0.3, -0.25) is 9.80 Å². The molecule has 4 aliphatic rings. The molecular formula is C21H42N4. The smallest absolute Gasteiger partial charge is 0.0309 e. The van der Waals surface area contributed by atoms with Crippen LogP contribution in [-0.4, -0.2) is 72.2 Å². The van der Waals surface area contributed by atoms with E-state index in [4.69, 9.17) is 0 Å². The van der Waals surface area contributed by atoms with Crippen LogP contribution in [0.25, 0.3) is 0 Å². The summed E-state index contributed by atoms with van der Waals surface area (Å²) in [6.45, 7) is 16.7. The van der Waals surface area contributed by atoms with Gasteiger partial charge in [-0.15, -0.1) is 0 Å². The van der Waals surface area contributed by atoms with Crippen LogP contribution in [0.3, 0.4) is 0 Å². The molecule has 0 bridgehead atoms. The largest absolute Gasteiger partial charge is 0.309 e. The molecule has 0 aromatic carbocycles. The van der Waals surface area contributed by atoms with E-state index in [0.29, 0.717) is 11.1 Å². The Morgan fingerprint density at radius 2 is 1.04 bits per heavy atom. The zero-order valence-corrected chi connectivity index (χ0v) is 17.2. The van der Waals surface area contributed by atoms with E-state index in [-0.39, 0.29) is 0 Å². The summed E-state index contributed by atoms with van der Waals surface area (Å²) in [5.41, 5.74) is 1.03. The highest BCUT2D eigenvalue weighted by Gasteiger charge is 2.40. The van der Waals surface area contributed by atoms with Crippen molar-refractivity contribution < 1.29 is 0 Å². The van der Waals surface area contributed by atoms with E-state index in [0.717, 1.165) is 12.1 Å². The predicted octanol–water partition coefficient (Wildman–Crippen LogP) is 2.84. The average Bonchev–Trinajstić information content (AvgIpc) is 3.01. The fourth-order valence-corrected chi connectivity index (χ4v) is 5.18. The van der Waals surface area contributed by atoms with Crippen molar-refractivity contribution in [2.45, 2.75) is 95.8 Å². The van der Waals surface area contributed by atoms with E-state index < -0.39 is 0 Å². The van der Waals surface area contributed by atoms with Crippen molar-refractivity contribution in [1.82, 2.24) is 20.4 Å². The van der Waals surface area contributed by atoms with Crippen molar-refractivity contribution in [3.63, 3.8) is 0 Å². The van der Waals surface area contributed by atoms with Gasteiger partial charge in [0.05, 0.1) is 0 Å². The Morgan fingerprint density at radius 3 is 1.36 bits per heavy atom. The summed E-state index contributed by atoms with van der Waals surface area (Å²) in [5.74, 6) is 0. The molecule has 4 nitrogen and oxygen atoms in total. The Kier molecular flexibility index (Phi) is 6.46. The van der Waals surface area contributed by atoms with Gasteiger partial charge in [0.1, 0.15) is 0 Å². The summed E-state index contributed by atoms with van der Waals surface area (Å²) >= 11 is 0. The third-order valence-electron chi connectivity index (χ3n) is 7.14. The normalized spacial score (nSPS) is 29.0. The van der Waals surface area contributed by atoms with Crippen molar-refractivity contribution in [3.8, 4) is 0 Å².